The monoisotopic (exact) mass is 262 g/mol. The van der Waals surface area contributed by atoms with Gasteiger partial charge in [0.25, 0.3) is 0 Å². The van der Waals surface area contributed by atoms with E-state index in [2.05, 4.69) is 81.7 Å². The minimum absolute atomic E-state index is 0.0983. The van der Waals surface area contributed by atoms with E-state index in [0.29, 0.717) is 0 Å². The molecule has 1 unspecified atom stereocenters. The van der Waals surface area contributed by atoms with E-state index in [1.54, 1.807) is 0 Å². The molecule has 0 spiro atoms. The number of rotatable bonds is 4. The van der Waals surface area contributed by atoms with E-state index in [1.807, 2.05) is 6.07 Å². The van der Waals surface area contributed by atoms with Crippen LogP contribution in [0.4, 0.5) is 0 Å². The Labute approximate surface area is 122 Å². The fourth-order valence-corrected chi connectivity index (χ4v) is 2.42. The fraction of sp³-hybridized carbons (Fsp3) is 0.200. The molecule has 0 saturated heterocycles. The molecule has 1 aromatic carbocycles. The second-order valence-electron chi connectivity index (χ2n) is 5.57. The van der Waals surface area contributed by atoms with E-state index in [4.69, 9.17) is 0 Å². The third kappa shape index (κ3) is 3.08. The van der Waals surface area contributed by atoms with Crippen LogP contribution in [-0.2, 0) is 0 Å². The van der Waals surface area contributed by atoms with Gasteiger partial charge in [-0.3, -0.25) is 0 Å². The predicted molar refractivity (Wildman–Crippen MR) is 89.4 cm³/mol. The Balaban J connectivity index is 2.31. The second-order valence-corrected chi connectivity index (χ2v) is 5.57. The van der Waals surface area contributed by atoms with Gasteiger partial charge in [-0.2, -0.15) is 0 Å². The lowest BCUT2D eigenvalue weighted by molar-refractivity contribution is 0.579. The highest BCUT2D eigenvalue weighted by Crippen LogP contribution is 2.41. The molecule has 0 bridgehead atoms. The van der Waals surface area contributed by atoms with Gasteiger partial charge in [0.05, 0.1) is 0 Å². The van der Waals surface area contributed by atoms with Gasteiger partial charge in [0.15, 0.2) is 0 Å². The minimum Gasteiger partial charge on any atom is -0.0989 e. The first kappa shape index (κ1) is 14.3. The molecule has 0 N–H and O–H groups in total. The van der Waals surface area contributed by atoms with Crippen LogP contribution >= 0.6 is 0 Å². The molecule has 0 heterocycles. The maximum atomic E-state index is 4.20. The van der Waals surface area contributed by atoms with Crippen LogP contribution in [0.5, 0.6) is 0 Å². The molecule has 0 nitrogen and oxygen atoms in total. The first-order valence-corrected chi connectivity index (χ1v) is 6.98. The van der Waals surface area contributed by atoms with Crippen molar-refractivity contribution in [3.05, 3.63) is 90.1 Å². The highest BCUT2D eigenvalue weighted by molar-refractivity contribution is 5.54. The zero-order chi connectivity index (χ0) is 14.6. The summed E-state index contributed by atoms with van der Waals surface area (Å²) in [6.07, 6.45) is 11.9. The van der Waals surface area contributed by atoms with Crippen LogP contribution in [0.15, 0.2) is 84.5 Å². The molecule has 1 atom stereocenters. The lowest BCUT2D eigenvalue weighted by atomic mass is 9.72. The first-order valence-electron chi connectivity index (χ1n) is 6.98. The van der Waals surface area contributed by atoms with E-state index < -0.39 is 0 Å². The van der Waals surface area contributed by atoms with Gasteiger partial charge in [-0.05, 0) is 31.4 Å². The van der Waals surface area contributed by atoms with Gasteiger partial charge in [-0.15, -0.1) is 0 Å². The van der Waals surface area contributed by atoms with E-state index in [0.717, 1.165) is 17.6 Å². The third-order valence-corrected chi connectivity index (χ3v) is 3.89. The van der Waals surface area contributed by atoms with Gasteiger partial charge in [-0.25, -0.2) is 0 Å². The number of hydrogen-bond donors (Lipinski definition) is 0. The maximum absolute atomic E-state index is 4.20. The first-order chi connectivity index (χ1) is 9.53. The van der Waals surface area contributed by atoms with Crippen molar-refractivity contribution in [2.75, 3.05) is 0 Å². The second kappa shape index (κ2) is 5.92. The highest BCUT2D eigenvalue weighted by Gasteiger charge is 2.28. The average molecular weight is 262 g/mol. The molecule has 1 aromatic rings. The van der Waals surface area contributed by atoms with Crippen molar-refractivity contribution in [1.82, 2.24) is 0 Å². The summed E-state index contributed by atoms with van der Waals surface area (Å²) in [5, 5.41) is 0. The highest BCUT2D eigenvalue weighted by atomic mass is 14.3. The average Bonchev–Trinajstić information content (AvgIpc) is 2.46. The molecule has 0 aliphatic heterocycles. The van der Waals surface area contributed by atoms with Gasteiger partial charge in [0.2, 0.25) is 0 Å². The lowest BCUT2D eigenvalue weighted by Gasteiger charge is -2.32. The maximum Gasteiger partial charge on any atom is 0.0312 e. The molecule has 0 radical (unpaired) electrons. The molecule has 0 heteroatoms. The molecule has 1 aliphatic carbocycles. The van der Waals surface area contributed by atoms with Crippen molar-refractivity contribution in [2.24, 2.45) is 5.41 Å². The van der Waals surface area contributed by atoms with E-state index >= 15 is 0 Å². The molecule has 0 fully saturated rings. The summed E-state index contributed by atoms with van der Waals surface area (Å²) in [6, 6.07) is 10.4. The van der Waals surface area contributed by atoms with Crippen LogP contribution in [0.1, 0.15) is 25.8 Å². The Kier molecular flexibility index (Phi) is 4.24. The van der Waals surface area contributed by atoms with Crippen molar-refractivity contribution in [3.63, 3.8) is 0 Å². The summed E-state index contributed by atoms with van der Waals surface area (Å²) in [6.45, 7) is 12.4. The van der Waals surface area contributed by atoms with Crippen molar-refractivity contribution < 1.29 is 0 Å². The topological polar surface area (TPSA) is 0 Å². The summed E-state index contributed by atoms with van der Waals surface area (Å²) >= 11 is 0. The smallest absolute Gasteiger partial charge is 0.0312 e. The molecular formula is C20H22. The number of benzene rings is 1. The van der Waals surface area contributed by atoms with Crippen LogP contribution in [0.25, 0.3) is 6.08 Å². The minimum atomic E-state index is -0.0983. The Morgan fingerprint density at radius 2 is 1.85 bits per heavy atom. The van der Waals surface area contributed by atoms with Crippen molar-refractivity contribution in [3.8, 4) is 0 Å². The van der Waals surface area contributed by atoms with Gasteiger partial charge in [0, 0.05) is 5.41 Å². The van der Waals surface area contributed by atoms with Gasteiger partial charge in [-0.1, -0.05) is 85.0 Å². The molecule has 0 amide bonds. The Bertz CT molecular complexity index is 596. The quantitative estimate of drug-likeness (QED) is 0.608. The van der Waals surface area contributed by atoms with Crippen molar-refractivity contribution >= 4 is 6.08 Å². The summed E-state index contributed by atoms with van der Waals surface area (Å²) in [5.41, 5.74) is 4.71. The Morgan fingerprint density at radius 1 is 1.15 bits per heavy atom. The van der Waals surface area contributed by atoms with Gasteiger partial charge >= 0.3 is 0 Å². The zero-order valence-corrected chi connectivity index (χ0v) is 12.4. The molecule has 102 valence electrons. The van der Waals surface area contributed by atoms with Crippen molar-refractivity contribution in [2.45, 2.75) is 20.3 Å². The Morgan fingerprint density at radius 3 is 2.45 bits per heavy atom. The molecular weight excluding hydrogens is 240 g/mol. The summed E-state index contributed by atoms with van der Waals surface area (Å²) in [5.74, 6) is 0. The molecule has 0 aromatic heterocycles. The van der Waals surface area contributed by atoms with Crippen LogP contribution in [0.3, 0.4) is 0 Å². The van der Waals surface area contributed by atoms with Crippen LogP contribution in [0.2, 0.25) is 0 Å². The van der Waals surface area contributed by atoms with Crippen LogP contribution < -0.4 is 0 Å². The molecule has 2 rings (SSSR count). The van der Waals surface area contributed by atoms with E-state index in [9.17, 15) is 0 Å². The summed E-state index contributed by atoms with van der Waals surface area (Å²) in [7, 11) is 0. The molecule has 1 aliphatic rings. The summed E-state index contributed by atoms with van der Waals surface area (Å²) < 4.78 is 0. The number of hydrogen-bond acceptors (Lipinski definition) is 0. The Hall–Kier alpha value is -2.08. The van der Waals surface area contributed by atoms with E-state index in [-0.39, 0.29) is 5.41 Å². The van der Waals surface area contributed by atoms with Crippen molar-refractivity contribution in [1.29, 1.82) is 0 Å². The molecule has 0 saturated carbocycles. The zero-order valence-electron chi connectivity index (χ0n) is 12.4. The van der Waals surface area contributed by atoms with Gasteiger partial charge < -0.3 is 0 Å². The van der Waals surface area contributed by atoms with Crippen LogP contribution in [0, 0.1) is 5.41 Å². The van der Waals surface area contributed by atoms with E-state index in [1.165, 1.54) is 11.1 Å². The number of allylic oxidation sites excluding steroid dienone is 7. The molecule has 20 heavy (non-hydrogen) atoms. The normalized spacial score (nSPS) is 21.8. The standard InChI is InChI=1S/C20H22/c1-16(2)19-11-8-13-20(15-19,17(3)4)14-12-18-9-6-5-7-10-18/h5-14H,1,3,15H2,2,4H3. The third-order valence-electron chi connectivity index (χ3n) is 3.89. The largest absolute Gasteiger partial charge is 0.0989 e. The lowest BCUT2D eigenvalue weighted by Crippen LogP contribution is -2.19. The van der Waals surface area contributed by atoms with Crippen LogP contribution in [-0.4, -0.2) is 0 Å². The fourth-order valence-electron chi connectivity index (χ4n) is 2.42. The SMILES string of the molecule is C=C(C)C1=CC=CC(C=Cc2ccccc2)(C(=C)C)C1. The van der Waals surface area contributed by atoms with Gasteiger partial charge in [0.1, 0.15) is 0 Å². The predicted octanol–water partition coefficient (Wildman–Crippen LogP) is 5.72. The summed E-state index contributed by atoms with van der Waals surface area (Å²) in [4.78, 5) is 0.